The summed E-state index contributed by atoms with van der Waals surface area (Å²) in [6, 6.07) is 0. The van der Waals surface area contributed by atoms with Crippen LogP contribution < -0.4 is 5.73 Å². The standard InChI is InChI=1S/C7H18N2O4S2/c1-9(5-7-14(2,10)11)15(12,13)6-3-4-8/h3-8H2,1-2H3. The Morgan fingerprint density at radius 2 is 1.67 bits per heavy atom. The zero-order valence-corrected chi connectivity index (χ0v) is 10.6. The van der Waals surface area contributed by atoms with Gasteiger partial charge in [-0.25, -0.2) is 21.1 Å². The minimum Gasteiger partial charge on any atom is -0.330 e. The Balaban J connectivity index is 4.26. The lowest BCUT2D eigenvalue weighted by atomic mass is 10.5. The highest BCUT2D eigenvalue weighted by Crippen LogP contribution is 2.00. The molecule has 92 valence electrons. The second-order valence-corrected chi connectivity index (χ2v) is 7.86. The first-order valence-corrected chi connectivity index (χ1v) is 8.18. The van der Waals surface area contributed by atoms with Crippen molar-refractivity contribution in [1.29, 1.82) is 0 Å². The lowest BCUT2D eigenvalue weighted by Crippen LogP contribution is -2.33. The van der Waals surface area contributed by atoms with E-state index in [4.69, 9.17) is 5.73 Å². The average Bonchev–Trinajstić information content (AvgIpc) is 2.09. The van der Waals surface area contributed by atoms with Crippen LogP contribution in [0.1, 0.15) is 6.42 Å². The molecule has 0 amide bonds. The van der Waals surface area contributed by atoms with Crippen molar-refractivity contribution in [2.24, 2.45) is 5.73 Å². The lowest BCUT2D eigenvalue weighted by Gasteiger charge is -2.16. The van der Waals surface area contributed by atoms with Crippen molar-refractivity contribution in [2.75, 3.05) is 37.9 Å². The van der Waals surface area contributed by atoms with Gasteiger partial charge < -0.3 is 5.73 Å². The molecule has 8 heteroatoms. The van der Waals surface area contributed by atoms with Gasteiger partial charge in [-0.3, -0.25) is 0 Å². The molecule has 0 bridgehead atoms. The van der Waals surface area contributed by atoms with Crippen LogP contribution in [0, 0.1) is 0 Å². The summed E-state index contributed by atoms with van der Waals surface area (Å²) < 4.78 is 45.7. The molecule has 0 atom stereocenters. The van der Waals surface area contributed by atoms with Gasteiger partial charge in [0.1, 0.15) is 9.84 Å². The molecule has 0 heterocycles. The predicted molar refractivity (Wildman–Crippen MR) is 59.8 cm³/mol. The molecule has 0 aliphatic heterocycles. The highest BCUT2D eigenvalue weighted by atomic mass is 32.2. The third kappa shape index (κ3) is 6.82. The van der Waals surface area contributed by atoms with Gasteiger partial charge in [0, 0.05) is 19.8 Å². The van der Waals surface area contributed by atoms with Gasteiger partial charge in [-0.05, 0) is 13.0 Å². The fourth-order valence-electron chi connectivity index (χ4n) is 0.855. The van der Waals surface area contributed by atoms with Crippen molar-refractivity contribution in [1.82, 2.24) is 4.31 Å². The first kappa shape index (κ1) is 14.8. The third-order valence-corrected chi connectivity index (χ3v) is 4.72. The summed E-state index contributed by atoms with van der Waals surface area (Å²) >= 11 is 0. The highest BCUT2D eigenvalue weighted by molar-refractivity contribution is 7.91. The first-order chi connectivity index (χ1) is 6.69. The Labute approximate surface area is 91.4 Å². The van der Waals surface area contributed by atoms with Crippen molar-refractivity contribution >= 4 is 19.9 Å². The van der Waals surface area contributed by atoms with E-state index >= 15 is 0 Å². The summed E-state index contributed by atoms with van der Waals surface area (Å²) in [5.74, 6) is -0.199. The zero-order chi connectivity index (χ0) is 12.1. The van der Waals surface area contributed by atoms with Crippen LogP contribution in [0.5, 0.6) is 0 Å². The fourth-order valence-corrected chi connectivity index (χ4v) is 2.79. The van der Waals surface area contributed by atoms with Gasteiger partial charge in [-0.1, -0.05) is 0 Å². The number of hydrogen-bond acceptors (Lipinski definition) is 5. The Bertz CT molecular complexity index is 374. The fraction of sp³-hybridized carbons (Fsp3) is 1.00. The number of hydrogen-bond donors (Lipinski definition) is 1. The molecule has 15 heavy (non-hydrogen) atoms. The van der Waals surface area contributed by atoms with Crippen molar-refractivity contribution in [3.8, 4) is 0 Å². The largest absolute Gasteiger partial charge is 0.330 e. The molecule has 0 radical (unpaired) electrons. The van der Waals surface area contributed by atoms with E-state index in [1.54, 1.807) is 0 Å². The number of sulfonamides is 1. The van der Waals surface area contributed by atoms with Gasteiger partial charge in [0.15, 0.2) is 0 Å². The molecular weight excluding hydrogens is 240 g/mol. The second kappa shape index (κ2) is 5.78. The van der Waals surface area contributed by atoms with E-state index in [0.717, 1.165) is 10.6 Å². The highest BCUT2D eigenvalue weighted by Gasteiger charge is 2.18. The maximum absolute atomic E-state index is 11.5. The molecule has 2 N–H and O–H groups in total. The molecule has 0 rings (SSSR count). The summed E-state index contributed by atoms with van der Waals surface area (Å²) in [6.07, 6.45) is 1.46. The summed E-state index contributed by atoms with van der Waals surface area (Å²) in [7, 11) is -5.11. The minimum absolute atomic E-state index is 0.00820. The SMILES string of the molecule is CN(CCS(C)(=O)=O)S(=O)(=O)CCCN. The van der Waals surface area contributed by atoms with E-state index in [-0.39, 0.29) is 18.1 Å². The Morgan fingerprint density at radius 3 is 2.07 bits per heavy atom. The van der Waals surface area contributed by atoms with Crippen molar-refractivity contribution < 1.29 is 16.8 Å². The zero-order valence-electron chi connectivity index (χ0n) is 9.01. The summed E-state index contributed by atoms with van der Waals surface area (Å²) in [4.78, 5) is 0. The van der Waals surface area contributed by atoms with E-state index in [0.29, 0.717) is 13.0 Å². The molecule has 0 aromatic heterocycles. The van der Waals surface area contributed by atoms with Crippen LogP contribution in [0.4, 0.5) is 0 Å². The van der Waals surface area contributed by atoms with Gasteiger partial charge in [-0.2, -0.15) is 0 Å². The Hall–Kier alpha value is -0.180. The lowest BCUT2D eigenvalue weighted by molar-refractivity contribution is 0.483. The molecule has 0 aromatic carbocycles. The maximum atomic E-state index is 11.5. The summed E-state index contributed by atoms with van der Waals surface area (Å²) in [6.45, 7) is 0.297. The molecule has 0 unspecified atom stereocenters. The Morgan fingerprint density at radius 1 is 1.13 bits per heavy atom. The summed E-state index contributed by atoms with van der Waals surface area (Å²) in [5.41, 5.74) is 5.20. The number of nitrogens with two attached hydrogens (primary N) is 1. The maximum Gasteiger partial charge on any atom is 0.213 e. The van der Waals surface area contributed by atoms with E-state index in [1.165, 1.54) is 7.05 Å². The smallest absolute Gasteiger partial charge is 0.213 e. The number of rotatable bonds is 7. The van der Waals surface area contributed by atoms with Crippen LogP contribution in [0.3, 0.4) is 0 Å². The molecule has 0 fully saturated rings. The van der Waals surface area contributed by atoms with E-state index in [2.05, 4.69) is 0 Å². The van der Waals surface area contributed by atoms with Gasteiger partial charge in [0.05, 0.1) is 11.5 Å². The van der Waals surface area contributed by atoms with E-state index in [9.17, 15) is 16.8 Å². The molecule has 0 saturated heterocycles. The van der Waals surface area contributed by atoms with Crippen LogP contribution in [-0.2, 0) is 19.9 Å². The Kier molecular flexibility index (Phi) is 5.71. The molecule has 0 aromatic rings. The van der Waals surface area contributed by atoms with Gasteiger partial charge >= 0.3 is 0 Å². The van der Waals surface area contributed by atoms with Gasteiger partial charge in [0.25, 0.3) is 0 Å². The van der Waals surface area contributed by atoms with Crippen LogP contribution in [0.25, 0.3) is 0 Å². The second-order valence-electron chi connectivity index (χ2n) is 3.41. The molecular formula is C7H18N2O4S2. The minimum atomic E-state index is -3.36. The molecule has 0 aliphatic carbocycles. The third-order valence-electron chi connectivity index (χ3n) is 1.86. The van der Waals surface area contributed by atoms with Crippen LogP contribution >= 0.6 is 0 Å². The van der Waals surface area contributed by atoms with E-state index in [1.807, 2.05) is 0 Å². The first-order valence-electron chi connectivity index (χ1n) is 4.51. The quantitative estimate of drug-likeness (QED) is 0.608. The molecule has 0 saturated carbocycles. The topological polar surface area (TPSA) is 97.5 Å². The van der Waals surface area contributed by atoms with Crippen LogP contribution in [-0.4, -0.2) is 59.0 Å². The summed E-state index contributed by atoms with van der Waals surface area (Å²) in [5, 5.41) is 0. The van der Waals surface area contributed by atoms with Crippen molar-refractivity contribution in [3.05, 3.63) is 0 Å². The average molecular weight is 258 g/mol. The molecule has 0 aliphatic rings. The molecule has 6 nitrogen and oxygen atoms in total. The van der Waals surface area contributed by atoms with Gasteiger partial charge in [-0.15, -0.1) is 0 Å². The number of sulfone groups is 1. The van der Waals surface area contributed by atoms with Gasteiger partial charge in [0.2, 0.25) is 10.0 Å². The normalized spacial score (nSPS) is 13.3. The predicted octanol–water partition coefficient (Wildman–Crippen LogP) is -1.36. The van der Waals surface area contributed by atoms with E-state index < -0.39 is 19.9 Å². The van der Waals surface area contributed by atoms with Crippen molar-refractivity contribution in [2.45, 2.75) is 6.42 Å². The van der Waals surface area contributed by atoms with Crippen molar-refractivity contribution in [3.63, 3.8) is 0 Å². The number of nitrogens with zero attached hydrogens (tertiary/aromatic N) is 1. The van der Waals surface area contributed by atoms with Crippen LogP contribution in [0.2, 0.25) is 0 Å². The van der Waals surface area contributed by atoms with Crippen LogP contribution in [0.15, 0.2) is 0 Å². The monoisotopic (exact) mass is 258 g/mol. The molecule has 0 spiro atoms.